The average molecular weight is 290 g/mol. The quantitative estimate of drug-likeness (QED) is 0.920. The number of halogens is 1. The summed E-state index contributed by atoms with van der Waals surface area (Å²) in [5.41, 5.74) is 0.00454. The van der Waals surface area contributed by atoms with Crippen LogP contribution in [0.4, 0.5) is 4.39 Å². The number of amides is 1. The molecule has 0 spiro atoms. The standard InChI is InChI=1S/C16H19FN2O2/c1-3-7-18-15(20)14-9-11-5-6-12(17)10-13(11)16(21)19(14)8-4-2/h5-6,9-10H,3-4,7-8H2,1-2H3,(H,18,20). The zero-order valence-corrected chi connectivity index (χ0v) is 12.3. The molecule has 112 valence electrons. The summed E-state index contributed by atoms with van der Waals surface area (Å²) in [5, 5.41) is 3.66. The van der Waals surface area contributed by atoms with Crippen LogP contribution in [-0.4, -0.2) is 17.0 Å². The smallest absolute Gasteiger partial charge is 0.268 e. The number of hydrogen-bond acceptors (Lipinski definition) is 2. The predicted molar refractivity (Wildman–Crippen MR) is 81.1 cm³/mol. The number of pyridine rings is 1. The number of carbonyl (C=O) groups is 1. The highest BCUT2D eigenvalue weighted by Gasteiger charge is 2.15. The third-order valence-corrected chi connectivity index (χ3v) is 3.29. The van der Waals surface area contributed by atoms with Gasteiger partial charge in [-0.15, -0.1) is 0 Å². The van der Waals surface area contributed by atoms with E-state index in [2.05, 4.69) is 5.32 Å². The minimum absolute atomic E-state index is 0.270. The number of nitrogens with zero attached hydrogens (tertiary/aromatic N) is 1. The van der Waals surface area contributed by atoms with Gasteiger partial charge in [0.25, 0.3) is 11.5 Å². The molecule has 0 aliphatic heterocycles. The SMILES string of the molecule is CCCNC(=O)c1cc2ccc(F)cc2c(=O)n1CCC. The van der Waals surface area contributed by atoms with E-state index in [-0.39, 0.29) is 11.5 Å². The van der Waals surface area contributed by atoms with Crippen LogP contribution in [0.3, 0.4) is 0 Å². The van der Waals surface area contributed by atoms with Crippen LogP contribution in [0.25, 0.3) is 10.8 Å². The highest BCUT2D eigenvalue weighted by atomic mass is 19.1. The Labute approximate surface area is 122 Å². The number of hydrogen-bond donors (Lipinski definition) is 1. The van der Waals surface area contributed by atoms with Crippen LogP contribution in [-0.2, 0) is 6.54 Å². The van der Waals surface area contributed by atoms with Gasteiger partial charge in [0.1, 0.15) is 11.5 Å². The molecule has 5 heteroatoms. The third-order valence-electron chi connectivity index (χ3n) is 3.29. The number of rotatable bonds is 5. The highest BCUT2D eigenvalue weighted by molar-refractivity contribution is 5.96. The Morgan fingerprint density at radius 1 is 1.24 bits per heavy atom. The van der Waals surface area contributed by atoms with E-state index in [4.69, 9.17) is 0 Å². The van der Waals surface area contributed by atoms with Crippen LogP contribution in [0.1, 0.15) is 37.2 Å². The molecule has 1 aromatic carbocycles. The van der Waals surface area contributed by atoms with Gasteiger partial charge in [0.05, 0.1) is 5.39 Å². The molecule has 0 saturated carbocycles. The maximum absolute atomic E-state index is 13.3. The van der Waals surface area contributed by atoms with Crippen molar-refractivity contribution in [1.29, 1.82) is 0 Å². The first-order valence-corrected chi connectivity index (χ1v) is 7.19. The van der Waals surface area contributed by atoms with Crippen molar-refractivity contribution < 1.29 is 9.18 Å². The molecule has 2 rings (SSSR count). The largest absolute Gasteiger partial charge is 0.351 e. The first-order chi connectivity index (χ1) is 10.1. The van der Waals surface area contributed by atoms with Crippen LogP contribution >= 0.6 is 0 Å². The Bertz CT molecular complexity index is 722. The lowest BCUT2D eigenvalue weighted by Gasteiger charge is -2.13. The fourth-order valence-corrected chi connectivity index (χ4v) is 2.28. The Balaban J connectivity index is 2.63. The highest BCUT2D eigenvalue weighted by Crippen LogP contribution is 2.14. The van der Waals surface area contributed by atoms with Crippen molar-refractivity contribution in [2.45, 2.75) is 33.2 Å². The van der Waals surface area contributed by atoms with Crippen LogP contribution in [0, 0.1) is 5.82 Å². The van der Waals surface area contributed by atoms with Crippen molar-refractivity contribution in [3.05, 3.63) is 46.1 Å². The number of carbonyl (C=O) groups excluding carboxylic acids is 1. The number of nitrogens with one attached hydrogen (secondary N) is 1. The lowest BCUT2D eigenvalue weighted by Crippen LogP contribution is -2.32. The maximum atomic E-state index is 13.3. The maximum Gasteiger partial charge on any atom is 0.268 e. The zero-order valence-electron chi connectivity index (χ0n) is 12.3. The second-order valence-electron chi connectivity index (χ2n) is 4.97. The van der Waals surface area contributed by atoms with Crippen molar-refractivity contribution in [1.82, 2.24) is 9.88 Å². The van der Waals surface area contributed by atoms with E-state index in [1.165, 1.54) is 22.8 Å². The van der Waals surface area contributed by atoms with E-state index in [1.807, 2.05) is 13.8 Å². The lowest BCUT2D eigenvalue weighted by molar-refractivity contribution is 0.0943. The Morgan fingerprint density at radius 2 is 2.00 bits per heavy atom. The van der Waals surface area contributed by atoms with E-state index in [0.29, 0.717) is 29.6 Å². The minimum atomic E-state index is -0.453. The van der Waals surface area contributed by atoms with E-state index < -0.39 is 5.82 Å². The second kappa shape index (κ2) is 6.52. The molecule has 0 unspecified atom stereocenters. The molecule has 1 N–H and O–H groups in total. The first-order valence-electron chi connectivity index (χ1n) is 7.19. The lowest BCUT2D eigenvalue weighted by atomic mass is 10.1. The predicted octanol–water partition coefficient (Wildman–Crippen LogP) is 2.69. The minimum Gasteiger partial charge on any atom is -0.351 e. The fraction of sp³-hybridized carbons (Fsp3) is 0.375. The molecule has 1 aromatic heterocycles. The topological polar surface area (TPSA) is 51.1 Å². The summed E-state index contributed by atoms with van der Waals surface area (Å²) in [6, 6.07) is 5.69. The summed E-state index contributed by atoms with van der Waals surface area (Å²) in [5.74, 6) is -0.723. The summed E-state index contributed by atoms with van der Waals surface area (Å²) in [6.45, 7) is 4.87. The van der Waals surface area contributed by atoms with Crippen molar-refractivity contribution >= 4 is 16.7 Å². The van der Waals surface area contributed by atoms with E-state index >= 15 is 0 Å². The zero-order chi connectivity index (χ0) is 15.4. The van der Waals surface area contributed by atoms with Crippen molar-refractivity contribution in [2.24, 2.45) is 0 Å². The Hall–Kier alpha value is -2.17. The van der Waals surface area contributed by atoms with E-state index in [1.54, 1.807) is 6.07 Å². The van der Waals surface area contributed by atoms with Crippen LogP contribution in [0.2, 0.25) is 0 Å². The van der Waals surface area contributed by atoms with Gasteiger partial charge in [0, 0.05) is 13.1 Å². The van der Waals surface area contributed by atoms with Gasteiger partial charge in [-0.3, -0.25) is 9.59 Å². The first kappa shape index (κ1) is 15.2. The Morgan fingerprint density at radius 3 is 2.67 bits per heavy atom. The normalized spacial score (nSPS) is 10.8. The van der Waals surface area contributed by atoms with Gasteiger partial charge in [0.15, 0.2) is 0 Å². The van der Waals surface area contributed by atoms with Gasteiger partial charge in [-0.25, -0.2) is 4.39 Å². The number of benzene rings is 1. The number of aromatic nitrogens is 1. The molecular weight excluding hydrogens is 271 g/mol. The van der Waals surface area contributed by atoms with E-state index in [9.17, 15) is 14.0 Å². The van der Waals surface area contributed by atoms with Gasteiger partial charge >= 0.3 is 0 Å². The molecular formula is C16H19FN2O2. The van der Waals surface area contributed by atoms with Crippen molar-refractivity contribution in [2.75, 3.05) is 6.54 Å². The molecule has 0 aliphatic rings. The third kappa shape index (κ3) is 3.12. The molecule has 0 fully saturated rings. The fourth-order valence-electron chi connectivity index (χ4n) is 2.28. The monoisotopic (exact) mass is 290 g/mol. The van der Waals surface area contributed by atoms with Crippen LogP contribution in [0.15, 0.2) is 29.1 Å². The number of fused-ring (bicyclic) bond motifs is 1. The molecule has 2 aromatic rings. The molecule has 0 bridgehead atoms. The summed E-state index contributed by atoms with van der Waals surface area (Å²) < 4.78 is 14.8. The van der Waals surface area contributed by atoms with Crippen molar-refractivity contribution in [3.8, 4) is 0 Å². The van der Waals surface area contributed by atoms with Gasteiger partial charge in [-0.1, -0.05) is 19.9 Å². The molecule has 1 heterocycles. The molecule has 21 heavy (non-hydrogen) atoms. The summed E-state index contributed by atoms with van der Waals surface area (Å²) in [6.07, 6.45) is 1.54. The van der Waals surface area contributed by atoms with Crippen LogP contribution in [0.5, 0.6) is 0 Å². The second-order valence-corrected chi connectivity index (χ2v) is 4.97. The van der Waals surface area contributed by atoms with E-state index in [0.717, 1.165) is 12.8 Å². The molecule has 4 nitrogen and oxygen atoms in total. The molecule has 1 amide bonds. The van der Waals surface area contributed by atoms with Gasteiger partial charge in [-0.2, -0.15) is 0 Å². The van der Waals surface area contributed by atoms with Gasteiger partial charge < -0.3 is 9.88 Å². The molecule has 0 radical (unpaired) electrons. The van der Waals surface area contributed by atoms with Gasteiger partial charge in [0.2, 0.25) is 0 Å². The summed E-state index contributed by atoms with van der Waals surface area (Å²) in [4.78, 5) is 24.7. The Kier molecular flexibility index (Phi) is 4.73. The molecule has 0 saturated heterocycles. The van der Waals surface area contributed by atoms with Crippen LogP contribution < -0.4 is 10.9 Å². The van der Waals surface area contributed by atoms with Crippen molar-refractivity contribution in [3.63, 3.8) is 0 Å². The summed E-state index contributed by atoms with van der Waals surface area (Å²) >= 11 is 0. The average Bonchev–Trinajstić information content (AvgIpc) is 2.48. The summed E-state index contributed by atoms with van der Waals surface area (Å²) in [7, 11) is 0. The van der Waals surface area contributed by atoms with Gasteiger partial charge in [-0.05, 0) is 36.4 Å². The molecule has 0 atom stereocenters. The molecule has 0 aliphatic carbocycles.